The molecule has 0 unspecified atom stereocenters. The van der Waals surface area contributed by atoms with Gasteiger partial charge >= 0.3 is 11.9 Å². The fraction of sp³-hybridized carbons (Fsp3) is 0.567. The highest BCUT2D eigenvalue weighted by atomic mass is 16.4. The summed E-state index contributed by atoms with van der Waals surface area (Å²) in [5, 5.41) is 38.7. The zero-order chi connectivity index (χ0) is 35.5. The van der Waals surface area contributed by atoms with E-state index < -0.39 is 78.1 Å². The number of amides is 4. The third kappa shape index (κ3) is 15.9. The number of guanidine groups is 1. The van der Waals surface area contributed by atoms with Gasteiger partial charge in [-0.2, -0.15) is 0 Å². The monoisotopic (exact) mass is 663 g/mol. The van der Waals surface area contributed by atoms with Gasteiger partial charge in [0.15, 0.2) is 5.96 Å². The lowest BCUT2D eigenvalue weighted by Gasteiger charge is -2.27. The van der Waals surface area contributed by atoms with E-state index in [1.165, 1.54) is 0 Å². The maximum absolute atomic E-state index is 13.3. The zero-order valence-corrected chi connectivity index (χ0v) is 26.8. The molecule has 0 radical (unpaired) electrons. The Morgan fingerprint density at radius 1 is 0.787 bits per heavy atom. The second-order valence-corrected chi connectivity index (χ2v) is 11.4. The smallest absolute Gasteiger partial charge is 0.326 e. The van der Waals surface area contributed by atoms with Crippen LogP contribution in [0.2, 0.25) is 0 Å². The van der Waals surface area contributed by atoms with Crippen LogP contribution in [-0.4, -0.2) is 95.0 Å². The summed E-state index contributed by atoms with van der Waals surface area (Å²) in [5.41, 5.74) is 17.4. The minimum atomic E-state index is -1.64. The predicted octanol–water partition coefficient (Wildman–Crippen LogP) is -1.90. The lowest BCUT2D eigenvalue weighted by Crippen LogP contribution is -2.59. The molecule has 0 bridgehead atoms. The minimum absolute atomic E-state index is 0.0192. The first-order valence-corrected chi connectivity index (χ1v) is 15.4. The summed E-state index contributed by atoms with van der Waals surface area (Å²) in [5.74, 6) is -6.80. The van der Waals surface area contributed by atoms with Gasteiger partial charge in [0.2, 0.25) is 23.6 Å². The van der Waals surface area contributed by atoms with Crippen molar-refractivity contribution >= 4 is 41.5 Å². The van der Waals surface area contributed by atoms with E-state index in [0.29, 0.717) is 37.9 Å². The Morgan fingerprint density at radius 2 is 1.38 bits per heavy atom. The molecule has 0 saturated carbocycles. The van der Waals surface area contributed by atoms with Crippen molar-refractivity contribution in [1.82, 2.24) is 26.6 Å². The molecule has 1 aromatic carbocycles. The fourth-order valence-electron chi connectivity index (χ4n) is 4.47. The van der Waals surface area contributed by atoms with Crippen LogP contribution in [0.4, 0.5) is 0 Å². The SMILES string of the molecule is CC(C)[C@H](NC(=O)[C@H](CC(=O)O)NC(=O)[C@H](CCCCN)NC(=O)[C@@H](N)CCCNC(=N)N)C(=O)N[C@@H](Cc1ccccc1)C(=O)O. The summed E-state index contributed by atoms with van der Waals surface area (Å²) in [6.45, 7) is 3.83. The molecule has 0 aromatic heterocycles. The van der Waals surface area contributed by atoms with Gasteiger partial charge in [0.1, 0.15) is 24.2 Å². The Morgan fingerprint density at radius 3 is 1.94 bits per heavy atom. The standard InChI is InChI=1S/C30H49N9O8/c1-17(2)24(28(45)38-22(29(46)47)15-18-9-4-3-5-10-18)39-27(44)21(16-23(40)41)37-26(43)20(12-6-7-13-31)36-25(42)19(32)11-8-14-35-30(33)34/h3-5,9-10,17,19-22,24H,6-8,11-16,31-32H2,1-2H3,(H,36,42)(H,37,43)(H,38,45)(H,39,44)(H,40,41)(H,46,47)(H4,33,34,35)/t19-,20-,21-,22-,24-/m0/s1. The number of hydrogen-bond donors (Lipinski definition) is 11. The third-order valence-electron chi connectivity index (χ3n) is 7.08. The van der Waals surface area contributed by atoms with Crippen LogP contribution in [0.25, 0.3) is 0 Å². The molecule has 0 aliphatic rings. The molecular formula is C30H49N9O8. The van der Waals surface area contributed by atoms with E-state index in [1.807, 2.05) is 0 Å². The van der Waals surface area contributed by atoms with Gasteiger partial charge in [0, 0.05) is 13.0 Å². The maximum atomic E-state index is 13.3. The van der Waals surface area contributed by atoms with Gasteiger partial charge in [-0.05, 0) is 50.1 Å². The lowest BCUT2D eigenvalue weighted by atomic mass is 10.0. The number of unbranched alkanes of at least 4 members (excludes halogenated alkanes) is 1. The molecule has 4 amide bonds. The molecule has 17 heteroatoms. The molecule has 0 heterocycles. The van der Waals surface area contributed by atoms with Crippen molar-refractivity contribution in [3.8, 4) is 0 Å². The van der Waals surface area contributed by atoms with Crippen molar-refractivity contribution in [2.24, 2.45) is 23.1 Å². The highest BCUT2D eigenvalue weighted by Crippen LogP contribution is 2.09. The molecule has 0 spiro atoms. The average molecular weight is 664 g/mol. The second kappa shape index (κ2) is 21.1. The molecule has 17 nitrogen and oxygen atoms in total. The van der Waals surface area contributed by atoms with Crippen molar-refractivity contribution in [3.05, 3.63) is 35.9 Å². The number of rotatable bonds is 22. The number of carbonyl (C=O) groups excluding carboxylic acids is 4. The maximum Gasteiger partial charge on any atom is 0.326 e. The second-order valence-electron chi connectivity index (χ2n) is 11.4. The van der Waals surface area contributed by atoms with E-state index in [1.54, 1.807) is 44.2 Å². The van der Waals surface area contributed by atoms with Gasteiger partial charge in [-0.1, -0.05) is 44.2 Å². The normalized spacial score (nSPS) is 14.1. The summed E-state index contributed by atoms with van der Waals surface area (Å²) in [4.78, 5) is 76.1. The third-order valence-corrected chi connectivity index (χ3v) is 7.08. The first-order chi connectivity index (χ1) is 22.2. The Balaban J connectivity index is 3.05. The molecule has 0 aliphatic heterocycles. The molecule has 5 atom stereocenters. The zero-order valence-electron chi connectivity index (χ0n) is 26.8. The molecule has 14 N–H and O–H groups in total. The quantitative estimate of drug-likeness (QED) is 0.0368. The lowest BCUT2D eigenvalue weighted by molar-refractivity contribution is -0.143. The molecule has 47 heavy (non-hydrogen) atoms. The predicted molar refractivity (Wildman–Crippen MR) is 173 cm³/mol. The summed E-state index contributed by atoms with van der Waals surface area (Å²) < 4.78 is 0. The summed E-state index contributed by atoms with van der Waals surface area (Å²) in [6.07, 6.45) is 0.809. The number of carboxylic acid groups (broad SMARTS) is 2. The molecule has 1 aromatic rings. The van der Waals surface area contributed by atoms with Crippen molar-refractivity contribution < 1.29 is 39.0 Å². The first-order valence-electron chi connectivity index (χ1n) is 15.4. The van der Waals surface area contributed by atoms with Crippen LogP contribution < -0.4 is 43.8 Å². The van der Waals surface area contributed by atoms with Crippen molar-refractivity contribution in [2.45, 2.75) is 89.0 Å². The first kappa shape index (κ1) is 40.3. The molecule has 262 valence electrons. The van der Waals surface area contributed by atoms with E-state index >= 15 is 0 Å². The number of hydrogen-bond acceptors (Lipinski definition) is 9. The number of nitrogens with two attached hydrogens (primary N) is 3. The van der Waals surface area contributed by atoms with Gasteiger partial charge < -0.3 is 54.0 Å². The van der Waals surface area contributed by atoms with E-state index in [2.05, 4.69) is 26.6 Å². The minimum Gasteiger partial charge on any atom is -0.481 e. The van der Waals surface area contributed by atoms with Crippen molar-refractivity contribution in [2.75, 3.05) is 13.1 Å². The van der Waals surface area contributed by atoms with Gasteiger partial charge in [0.05, 0.1) is 12.5 Å². The summed E-state index contributed by atoms with van der Waals surface area (Å²) >= 11 is 0. The molecule has 0 fully saturated rings. The topological polar surface area (TPSA) is 305 Å². The molecule has 0 saturated heterocycles. The van der Waals surface area contributed by atoms with Crippen LogP contribution in [0.15, 0.2) is 30.3 Å². The highest BCUT2D eigenvalue weighted by Gasteiger charge is 2.34. The van der Waals surface area contributed by atoms with E-state index in [4.69, 9.17) is 22.6 Å². The van der Waals surface area contributed by atoms with Crippen LogP contribution in [0.1, 0.15) is 57.9 Å². The number of nitrogens with one attached hydrogen (secondary N) is 6. The van der Waals surface area contributed by atoms with E-state index in [0.717, 1.165) is 0 Å². The number of benzene rings is 1. The Kier molecular flexibility index (Phi) is 18.1. The fourth-order valence-corrected chi connectivity index (χ4v) is 4.47. The molecular weight excluding hydrogens is 614 g/mol. The summed E-state index contributed by atoms with van der Waals surface area (Å²) in [6, 6.07) is 2.20. The Labute approximate surface area is 273 Å². The van der Waals surface area contributed by atoms with Crippen LogP contribution >= 0.6 is 0 Å². The number of carboxylic acids is 2. The van der Waals surface area contributed by atoms with Crippen molar-refractivity contribution in [1.29, 1.82) is 5.41 Å². The highest BCUT2D eigenvalue weighted by molar-refractivity contribution is 5.96. The number of carbonyl (C=O) groups is 6. The van der Waals surface area contributed by atoms with Gasteiger partial charge in [0.25, 0.3) is 0 Å². The largest absolute Gasteiger partial charge is 0.481 e. The Hall–Kier alpha value is -4.77. The van der Waals surface area contributed by atoms with Gasteiger partial charge in [-0.15, -0.1) is 0 Å². The van der Waals surface area contributed by atoms with Crippen LogP contribution in [0.5, 0.6) is 0 Å². The molecule has 0 aliphatic carbocycles. The van der Waals surface area contributed by atoms with E-state index in [-0.39, 0.29) is 25.2 Å². The number of aliphatic carboxylic acids is 2. The van der Waals surface area contributed by atoms with Crippen LogP contribution in [0.3, 0.4) is 0 Å². The van der Waals surface area contributed by atoms with Gasteiger partial charge in [-0.3, -0.25) is 29.4 Å². The molecule has 1 rings (SSSR count). The van der Waals surface area contributed by atoms with Crippen molar-refractivity contribution in [3.63, 3.8) is 0 Å². The summed E-state index contributed by atoms with van der Waals surface area (Å²) in [7, 11) is 0. The van der Waals surface area contributed by atoms with Crippen LogP contribution in [0, 0.1) is 11.3 Å². The van der Waals surface area contributed by atoms with E-state index in [9.17, 15) is 39.0 Å². The van der Waals surface area contributed by atoms with Crippen LogP contribution in [-0.2, 0) is 35.2 Å². The van der Waals surface area contributed by atoms with Gasteiger partial charge in [-0.25, -0.2) is 4.79 Å². The average Bonchev–Trinajstić information content (AvgIpc) is 3.00. The Bertz CT molecular complexity index is 1220.